The molecular formula is C18H23N5O. The minimum atomic E-state index is 0.0561. The molecule has 1 aromatic carbocycles. The molecule has 2 aliphatic rings. The number of rotatable bonds is 2. The van der Waals surface area contributed by atoms with E-state index in [4.69, 9.17) is 0 Å². The number of aromatic amines is 1. The summed E-state index contributed by atoms with van der Waals surface area (Å²) in [6.07, 6.45) is 0.913. The Kier molecular flexibility index (Phi) is 3.98. The lowest BCUT2D eigenvalue weighted by atomic mass is 10.1. The Morgan fingerprint density at radius 3 is 2.75 bits per heavy atom. The maximum Gasteiger partial charge on any atom is 0.274 e. The second kappa shape index (κ2) is 6.28. The molecule has 1 amide bonds. The number of aryl methyl sites for hydroxylation is 1. The van der Waals surface area contributed by atoms with Crippen molar-refractivity contribution < 1.29 is 4.79 Å². The van der Waals surface area contributed by atoms with E-state index >= 15 is 0 Å². The van der Waals surface area contributed by atoms with Crippen molar-refractivity contribution in [2.45, 2.75) is 19.9 Å². The van der Waals surface area contributed by atoms with Crippen molar-refractivity contribution in [2.75, 3.05) is 37.6 Å². The third-order valence-corrected chi connectivity index (χ3v) is 5.03. The molecule has 6 nitrogen and oxygen atoms in total. The zero-order chi connectivity index (χ0) is 16.5. The predicted octanol–water partition coefficient (Wildman–Crippen LogP) is 1.33. The molecule has 0 aliphatic carbocycles. The molecule has 3 heterocycles. The van der Waals surface area contributed by atoms with Crippen LogP contribution in [0.25, 0.3) is 0 Å². The zero-order valence-electron chi connectivity index (χ0n) is 14.0. The number of fused-ring (bicyclic) bond motifs is 1. The van der Waals surface area contributed by atoms with Gasteiger partial charge in [-0.2, -0.15) is 5.10 Å². The van der Waals surface area contributed by atoms with Crippen molar-refractivity contribution in [3.8, 4) is 0 Å². The van der Waals surface area contributed by atoms with Gasteiger partial charge in [0.15, 0.2) is 5.69 Å². The number of H-pyrrole nitrogens is 1. The number of para-hydroxylation sites is 1. The van der Waals surface area contributed by atoms with Crippen LogP contribution >= 0.6 is 0 Å². The summed E-state index contributed by atoms with van der Waals surface area (Å²) in [5.41, 5.74) is 5.31. The van der Waals surface area contributed by atoms with Gasteiger partial charge in [0, 0.05) is 62.6 Å². The third-order valence-electron chi connectivity index (χ3n) is 5.03. The van der Waals surface area contributed by atoms with E-state index in [1.165, 1.54) is 11.3 Å². The minimum absolute atomic E-state index is 0.0561. The SMILES string of the molecule is Cc1ccccc1N1CCN(C(=O)c2n[nH]c3c2CNCC3)CC1. The van der Waals surface area contributed by atoms with Crippen LogP contribution in [0.5, 0.6) is 0 Å². The molecule has 0 radical (unpaired) electrons. The fraction of sp³-hybridized carbons (Fsp3) is 0.444. The van der Waals surface area contributed by atoms with E-state index in [1.807, 2.05) is 4.90 Å². The minimum Gasteiger partial charge on any atom is -0.368 e. The first-order valence-corrected chi connectivity index (χ1v) is 8.61. The number of hydrogen-bond donors (Lipinski definition) is 2. The van der Waals surface area contributed by atoms with Crippen LogP contribution in [-0.2, 0) is 13.0 Å². The van der Waals surface area contributed by atoms with E-state index in [2.05, 4.69) is 51.6 Å². The largest absolute Gasteiger partial charge is 0.368 e. The molecule has 126 valence electrons. The monoisotopic (exact) mass is 325 g/mol. The maximum atomic E-state index is 12.8. The summed E-state index contributed by atoms with van der Waals surface area (Å²) in [5, 5.41) is 10.7. The van der Waals surface area contributed by atoms with Crippen LogP contribution in [-0.4, -0.2) is 53.7 Å². The number of aromatic nitrogens is 2. The zero-order valence-corrected chi connectivity index (χ0v) is 14.0. The van der Waals surface area contributed by atoms with Crippen LogP contribution in [0, 0.1) is 6.92 Å². The van der Waals surface area contributed by atoms with Crippen LogP contribution < -0.4 is 10.2 Å². The number of nitrogens with zero attached hydrogens (tertiary/aromatic N) is 3. The molecule has 2 aliphatic heterocycles. The Hall–Kier alpha value is -2.34. The van der Waals surface area contributed by atoms with Crippen molar-refractivity contribution in [2.24, 2.45) is 0 Å². The lowest BCUT2D eigenvalue weighted by molar-refractivity contribution is 0.0739. The van der Waals surface area contributed by atoms with Crippen molar-refractivity contribution in [3.63, 3.8) is 0 Å². The van der Waals surface area contributed by atoms with Gasteiger partial charge in [0.05, 0.1) is 0 Å². The van der Waals surface area contributed by atoms with Crippen LogP contribution in [0.2, 0.25) is 0 Å². The molecule has 1 saturated heterocycles. The fourth-order valence-electron chi connectivity index (χ4n) is 3.62. The lowest BCUT2D eigenvalue weighted by Crippen LogP contribution is -2.49. The van der Waals surface area contributed by atoms with Crippen LogP contribution in [0.1, 0.15) is 27.3 Å². The molecule has 2 N–H and O–H groups in total. The van der Waals surface area contributed by atoms with E-state index in [-0.39, 0.29) is 5.91 Å². The molecule has 0 unspecified atom stereocenters. The quantitative estimate of drug-likeness (QED) is 0.874. The number of carbonyl (C=O) groups is 1. The second-order valence-corrected chi connectivity index (χ2v) is 6.52. The molecule has 1 fully saturated rings. The van der Waals surface area contributed by atoms with Gasteiger partial charge in [0.2, 0.25) is 0 Å². The molecule has 0 spiro atoms. The summed E-state index contributed by atoms with van der Waals surface area (Å²) in [7, 11) is 0. The van der Waals surface area contributed by atoms with Crippen molar-refractivity contribution in [1.82, 2.24) is 20.4 Å². The van der Waals surface area contributed by atoms with Crippen LogP contribution in [0.3, 0.4) is 0 Å². The van der Waals surface area contributed by atoms with Crippen molar-refractivity contribution in [1.29, 1.82) is 0 Å². The van der Waals surface area contributed by atoms with Crippen LogP contribution in [0.4, 0.5) is 5.69 Å². The first-order valence-electron chi connectivity index (χ1n) is 8.61. The summed E-state index contributed by atoms with van der Waals surface area (Å²) in [6, 6.07) is 8.43. The number of hydrogen-bond acceptors (Lipinski definition) is 4. The Labute approximate surface area is 141 Å². The highest BCUT2D eigenvalue weighted by molar-refractivity contribution is 5.94. The molecule has 4 rings (SSSR count). The fourth-order valence-corrected chi connectivity index (χ4v) is 3.62. The Bertz CT molecular complexity index is 746. The van der Waals surface area contributed by atoms with Gasteiger partial charge in [-0.1, -0.05) is 18.2 Å². The average molecular weight is 325 g/mol. The normalized spacial score (nSPS) is 17.7. The summed E-state index contributed by atoms with van der Waals surface area (Å²) in [6.45, 7) is 7.01. The number of carbonyl (C=O) groups excluding carboxylic acids is 1. The molecule has 24 heavy (non-hydrogen) atoms. The van der Waals surface area contributed by atoms with E-state index in [0.717, 1.165) is 56.9 Å². The topological polar surface area (TPSA) is 64.3 Å². The highest BCUT2D eigenvalue weighted by Crippen LogP contribution is 2.22. The molecular weight excluding hydrogens is 302 g/mol. The van der Waals surface area contributed by atoms with Gasteiger partial charge >= 0.3 is 0 Å². The van der Waals surface area contributed by atoms with E-state index in [9.17, 15) is 4.79 Å². The van der Waals surface area contributed by atoms with Crippen molar-refractivity contribution in [3.05, 3.63) is 46.8 Å². The summed E-state index contributed by atoms with van der Waals surface area (Å²) in [4.78, 5) is 17.1. The number of piperazine rings is 1. The van der Waals surface area contributed by atoms with E-state index in [0.29, 0.717) is 5.69 Å². The first kappa shape index (κ1) is 15.2. The summed E-state index contributed by atoms with van der Waals surface area (Å²) < 4.78 is 0. The smallest absolute Gasteiger partial charge is 0.274 e. The third kappa shape index (κ3) is 2.67. The molecule has 0 bridgehead atoms. The maximum absolute atomic E-state index is 12.8. The van der Waals surface area contributed by atoms with Gasteiger partial charge in [0.25, 0.3) is 5.91 Å². The van der Waals surface area contributed by atoms with Gasteiger partial charge in [-0.25, -0.2) is 0 Å². The Balaban J connectivity index is 1.45. The van der Waals surface area contributed by atoms with Gasteiger partial charge in [-0.05, 0) is 18.6 Å². The predicted molar refractivity (Wildman–Crippen MR) is 93.3 cm³/mol. The van der Waals surface area contributed by atoms with Gasteiger partial charge in [0.1, 0.15) is 0 Å². The summed E-state index contributed by atoms with van der Waals surface area (Å²) >= 11 is 0. The number of nitrogens with one attached hydrogen (secondary N) is 2. The molecule has 2 aromatic rings. The molecule has 1 aromatic heterocycles. The van der Waals surface area contributed by atoms with E-state index in [1.54, 1.807) is 0 Å². The highest BCUT2D eigenvalue weighted by Gasteiger charge is 2.28. The Morgan fingerprint density at radius 2 is 1.96 bits per heavy atom. The molecule has 6 heteroatoms. The average Bonchev–Trinajstić information content (AvgIpc) is 3.06. The van der Waals surface area contributed by atoms with Gasteiger partial charge in [-0.15, -0.1) is 0 Å². The first-order chi connectivity index (χ1) is 11.7. The van der Waals surface area contributed by atoms with Gasteiger partial charge < -0.3 is 15.1 Å². The van der Waals surface area contributed by atoms with Crippen molar-refractivity contribution >= 4 is 11.6 Å². The highest BCUT2D eigenvalue weighted by atomic mass is 16.2. The summed E-state index contributed by atoms with van der Waals surface area (Å²) in [5.74, 6) is 0.0561. The van der Waals surface area contributed by atoms with Gasteiger partial charge in [-0.3, -0.25) is 9.89 Å². The standard InChI is InChI=1S/C18H23N5O/c1-13-4-2-3-5-16(13)22-8-10-23(11-9-22)18(24)17-14-12-19-7-6-15(14)20-21-17/h2-5,19H,6-12H2,1H3,(H,20,21). The van der Waals surface area contributed by atoms with Crippen LogP contribution in [0.15, 0.2) is 24.3 Å². The second-order valence-electron chi connectivity index (χ2n) is 6.52. The number of benzene rings is 1. The Morgan fingerprint density at radius 1 is 1.17 bits per heavy atom. The lowest BCUT2D eigenvalue weighted by Gasteiger charge is -2.36. The molecule has 0 saturated carbocycles. The molecule has 0 atom stereocenters. The number of amides is 1. The van der Waals surface area contributed by atoms with E-state index < -0.39 is 0 Å². The number of anilines is 1.